The molecule has 0 saturated carbocycles. The highest BCUT2D eigenvalue weighted by Gasteiger charge is 2.33. The first-order chi connectivity index (χ1) is 8.84. The molecule has 2 rings (SSSR count). The fourth-order valence-electron chi connectivity index (χ4n) is 1.79. The number of nitrogens with zero attached hydrogens (tertiary/aromatic N) is 1. The van der Waals surface area contributed by atoms with Crippen molar-refractivity contribution in [3.8, 4) is 0 Å². The smallest absolute Gasteiger partial charge is 0.345 e. The van der Waals surface area contributed by atoms with Crippen LogP contribution in [0.15, 0.2) is 14.7 Å². The predicted molar refractivity (Wildman–Crippen MR) is 73.2 cm³/mol. The number of ether oxygens (including phenoxy) is 1. The van der Waals surface area contributed by atoms with E-state index in [1.54, 1.807) is 0 Å². The number of hydrogen-bond acceptors (Lipinski definition) is 5. The second-order valence-corrected chi connectivity index (χ2v) is 8.43. The second kappa shape index (κ2) is 5.49. The van der Waals surface area contributed by atoms with Gasteiger partial charge in [0.2, 0.25) is 10.0 Å². The Kier molecular flexibility index (Phi) is 4.31. The zero-order valence-electron chi connectivity index (χ0n) is 10.00. The molecule has 1 saturated heterocycles. The number of carbonyl (C=O) groups is 1. The molecule has 106 valence electrons. The van der Waals surface area contributed by atoms with E-state index in [2.05, 4.69) is 15.9 Å². The Hall–Kier alpha value is -0.480. The molecule has 1 atom stereocenters. The lowest BCUT2D eigenvalue weighted by molar-refractivity contribution is 0.0702. The molecule has 0 spiro atoms. The fraction of sp³-hybridized carbons (Fsp3) is 0.500. The molecule has 0 amide bonds. The van der Waals surface area contributed by atoms with Crippen molar-refractivity contribution in [1.29, 1.82) is 0 Å². The zero-order valence-corrected chi connectivity index (χ0v) is 13.2. The topological polar surface area (TPSA) is 83.9 Å². The van der Waals surface area contributed by atoms with Crippen LogP contribution in [-0.2, 0) is 14.8 Å². The normalized spacial score (nSPS) is 20.1. The molecular formula is C10H12BrNO5S2. The average Bonchev–Trinajstić information content (AvgIpc) is 2.96. The molecule has 1 aromatic heterocycles. The molecule has 9 heteroatoms. The third-order valence-corrected chi connectivity index (χ3v) is 7.09. The number of likely N-dealkylation sites (N-methyl/N-ethyl adjacent to an activating group) is 1. The highest BCUT2D eigenvalue weighted by molar-refractivity contribution is 9.11. The molecule has 0 bridgehead atoms. The van der Waals surface area contributed by atoms with Crippen LogP contribution in [0.1, 0.15) is 16.1 Å². The maximum Gasteiger partial charge on any atom is 0.345 e. The van der Waals surface area contributed by atoms with E-state index < -0.39 is 16.0 Å². The second-order valence-electron chi connectivity index (χ2n) is 4.09. The highest BCUT2D eigenvalue weighted by Crippen LogP contribution is 2.34. The minimum Gasteiger partial charge on any atom is -0.477 e. The van der Waals surface area contributed by atoms with Gasteiger partial charge in [-0.15, -0.1) is 11.3 Å². The Balaban J connectivity index is 2.35. The van der Waals surface area contributed by atoms with Crippen LogP contribution in [0.4, 0.5) is 0 Å². The fourth-order valence-corrected chi connectivity index (χ4v) is 5.52. The van der Waals surface area contributed by atoms with Gasteiger partial charge in [-0.3, -0.25) is 0 Å². The minimum atomic E-state index is -3.71. The lowest BCUT2D eigenvalue weighted by Crippen LogP contribution is -2.37. The maximum absolute atomic E-state index is 12.4. The lowest BCUT2D eigenvalue weighted by atomic mass is 10.3. The van der Waals surface area contributed by atoms with Gasteiger partial charge in [-0.2, -0.15) is 4.31 Å². The van der Waals surface area contributed by atoms with E-state index in [0.29, 0.717) is 23.4 Å². The van der Waals surface area contributed by atoms with Crippen molar-refractivity contribution in [3.63, 3.8) is 0 Å². The van der Waals surface area contributed by atoms with Crippen molar-refractivity contribution < 1.29 is 23.1 Å². The van der Waals surface area contributed by atoms with E-state index in [-0.39, 0.29) is 15.8 Å². The SMILES string of the molecule is CN(C1CCOC1)S(=O)(=O)c1cc(C(=O)O)sc1Br. The first kappa shape index (κ1) is 14.9. The van der Waals surface area contributed by atoms with Crippen LogP contribution in [0.5, 0.6) is 0 Å². The first-order valence-corrected chi connectivity index (χ1v) is 8.47. The van der Waals surface area contributed by atoms with Gasteiger partial charge >= 0.3 is 5.97 Å². The van der Waals surface area contributed by atoms with Gasteiger partial charge in [-0.1, -0.05) is 0 Å². The van der Waals surface area contributed by atoms with E-state index in [4.69, 9.17) is 9.84 Å². The Labute approximate surface area is 123 Å². The van der Waals surface area contributed by atoms with E-state index in [0.717, 1.165) is 11.3 Å². The molecule has 0 radical (unpaired) electrons. The molecule has 0 aromatic carbocycles. The van der Waals surface area contributed by atoms with Crippen molar-refractivity contribution in [2.75, 3.05) is 20.3 Å². The van der Waals surface area contributed by atoms with Crippen LogP contribution < -0.4 is 0 Å². The van der Waals surface area contributed by atoms with Gasteiger partial charge in [0.05, 0.1) is 16.4 Å². The van der Waals surface area contributed by atoms with Crippen LogP contribution in [-0.4, -0.2) is 50.1 Å². The van der Waals surface area contributed by atoms with Crippen molar-refractivity contribution in [2.45, 2.75) is 17.4 Å². The van der Waals surface area contributed by atoms with Crippen molar-refractivity contribution >= 4 is 43.3 Å². The molecule has 1 unspecified atom stereocenters. The summed E-state index contributed by atoms with van der Waals surface area (Å²) in [7, 11) is -2.23. The van der Waals surface area contributed by atoms with Gasteiger partial charge in [0.1, 0.15) is 9.77 Å². The number of aromatic carboxylic acids is 1. The summed E-state index contributed by atoms with van der Waals surface area (Å²) in [5, 5.41) is 8.90. The number of carboxylic acid groups (broad SMARTS) is 1. The molecule has 2 heterocycles. The van der Waals surface area contributed by atoms with Crippen molar-refractivity contribution in [3.05, 3.63) is 14.7 Å². The molecule has 6 nitrogen and oxygen atoms in total. The Bertz CT molecular complexity index is 591. The summed E-state index contributed by atoms with van der Waals surface area (Å²) >= 11 is 4.01. The zero-order chi connectivity index (χ0) is 14.2. The number of sulfonamides is 1. The lowest BCUT2D eigenvalue weighted by Gasteiger charge is -2.22. The van der Waals surface area contributed by atoms with Gasteiger partial charge in [0.25, 0.3) is 0 Å². The summed E-state index contributed by atoms with van der Waals surface area (Å²) in [6.45, 7) is 0.902. The largest absolute Gasteiger partial charge is 0.477 e. The molecular weight excluding hydrogens is 358 g/mol. The number of hydrogen-bond donors (Lipinski definition) is 1. The number of halogens is 1. The predicted octanol–water partition coefficient (Wildman–Crippen LogP) is 1.62. The summed E-state index contributed by atoms with van der Waals surface area (Å²) in [6, 6.07) is 0.976. The molecule has 1 N–H and O–H groups in total. The quantitative estimate of drug-likeness (QED) is 0.871. The Morgan fingerprint density at radius 2 is 2.32 bits per heavy atom. The van der Waals surface area contributed by atoms with Crippen LogP contribution in [0, 0.1) is 0 Å². The number of thiophene rings is 1. The summed E-state index contributed by atoms with van der Waals surface area (Å²) in [5.74, 6) is -1.14. The number of rotatable bonds is 4. The molecule has 1 aliphatic rings. The van der Waals surface area contributed by atoms with Gasteiger partial charge in [0, 0.05) is 13.7 Å². The van der Waals surface area contributed by atoms with E-state index in [9.17, 15) is 13.2 Å². The molecule has 1 aromatic rings. The Morgan fingerprint density at radius 1 is 1.63 bits per heavy atom. The van der Waals surface area contributed by atoms with Crippen LogP contribution in [0.2, 0.25) is 0 Å². The van der Waals surface area contributed by atoms with Crippen LogP contribution >= 0.6 is 27.3 Å². The third-order valence-electron chi connectivity index (χ3n) is 2.94. The molecule has 0 aliphatic carbocycles. The average molecular weight is 370 g/mol. The summed E-state index contributed by atoms with van der Waals surface area (Å²) in [4.78, 5) is 10.9. The van der Waals surface area contributed by atoms with Crippen LogP contribution in [0.3, 0.4) is 0 Å². The Morgan fingerprint density at radius 3 is 2.79 bits per heavy atom. The standard InChI is InChI=1S/C10H12BrNO5S2/c1-12(6-2-3-17-5-6)19(15,16)8-4-7(10(13)14)18-9(8)11/h4,6H,2-3,5H2,1H3,(H,13,14). The van der Waals surface area contributed by atoms with E-state index >= 15 is 0 Å². The third kappa shape index (κ3) is 2.84. The van der Waals surface area contributed by atoms with Crippen molar-refractivity contribution in [2.24, 2.45) is 0 Å². The molecule has 1 aliphatic heterocycles. The monoisotopic (exact) mass is 369 g/mol. The van der Waals surface area contributed by atoms with Gasteiger partial charge in [-0.05, 0) is 28.4 Å². The van der Waals surface area contributed by atoms with E-state index in [1.165, 1.54) is 17.4 Å². The minimum absolute atomic E-state index is 0.00991. The summed E-state index contributed by atoms with van der Waals surface area (Å²) in [6.07, 6.45) is 0.642. The van der Waals surface area contributed by atoms with Crippen LogP contribution in [0.25, 0.3) is 0 Å². The summed E-state index contributed by atoms with van der Waals surface area (Å²) in [5.41, 5.74) is 0. The first-order valence-electron chi connectivity index (χ1n) is 5.42. The van der Waals surface area contributed by atoms with E-state index in [1.807, 2.05) is 0 Å². The van der Waals surface area contributed by atoms with Crippen molar-refractivity contribution in [1.82, 2.24) is 4.31 Å². The highest BCUT2D eigenvalue weighted by atomic mass is 79.9. The van der Waals surface area contributed by atoms with Gasteiger partial charge < -0.3 is 9.84 Å². The molecule has 19 heavy (non-hydrogen) atoms. The van der Waals surface area contributed by atoms with Gasteiger partial charge in [0.15, 0.2) is 0 Å². The number of carboxylic acids is 1. The van der Waals surface area contributed by atoms with Gasteiger partial charge in [-0.25, -0.2) is 13.2 Å². The maximum atomic E-state index is 12.4. The molecule has 1 fully saturated rings. The summed E-state index contributed by atoms with van der Waals surface area (Å²) < 4.78 is 31.6.